The zero-order valence-corrected chi connectivity index (χ0v) is 9.62. The number of nitrogens with one attached hydrogen (secondary N) is 1. The van der Waals surface area contributed by atoms with Crippen LogP contribution >= 0.6 is 0 Å². The van der Waals surface area contributed by atoms with E-state index in [1.165, 1.54) is 6.92 Å². The molecule has 0 radical (unpaired) electrons. The molecule has 0 aromatic carbocycles. The molecule has 88 valence electrons. The van der Waals surface area contributed by atoms with E-state index in [4.69, 9.17) is 5.11 Å². The van der Waals surface area contributed by atoms with Crippen molar-refractivity contribution in [2.24, 2.45) is 0 Å². The van der Waals surface area contributed by atoms with Crippen LogP contribution in [0.3, 0.4) is 0 Å². The summed E-state index contributed by atoms with van der Waals surface area (Å²) in [6.45, 7) is 3.90. The van der Waals surface area contributed by atoms with Gasteiger partial charge in [0.2, 0.25) is 10.0 Å². The van der Waals surface area contributed by atoms with E-state index in [9.17, 15) is 13.2 Å². The van der Waals surface area contributed by atoms with Gasteiger partial charge in [-0.25, -0.2) is 8.42 Å². The molecule has 0 amide bonds. The molecule has 15 heavy (non-hydrogen) atoms. The van der Waals surface area contributed by atoms with E-state index in [0.29, 0.717) is 6.54 Å². The van der Waals surface area contributed by atoms with Gasteiger partial charge in [-0.2, -0.15) is 4.31 Å². The highest BCUT2D eigenvalue weighted by Crippen LogP contribution is 2.14. The Morgan fingerprint density at radius 2 is 2.20 bits per heavy atom. The Morgan fingerprint density at radius 3 is 2.67 bits per heavy atom. The summed E-state index contributed by atoms with van der Waals surface area (Å²) in [6, 6.07) is -1.36. The molecule has 6 nitrogen and oxygen atoms in total. The maximum Gasteiger partial charge on any atom is 0.323 e. The number of aliphatic carboxylic acids is 1. The van der Waals surface area contributed by atoms with E-state index in [2.05, 4.69) is 5.32 Å². The predicted molar refractivity (Wildman–Crippen MR) is 55.1 cm³/mol. The van der Waals surface area contributed by atoms with Gasteiger partial charge in [-0.15, -0.1) is 0 Å². The Balaban J connectivity index is 2.99. The molecule has 1 aliphatic rings. The minimum absolute atomic E-state index is 0.0660. The number of carboxylic acid groups (broad SMARTS) is 1. The fourth-order valence-electron chi connectivity index (χ4n) is 1.72. The molecule has 0 spiro atoms. The minimum Gasteiger partial charge on any atom is -0.480 e. The molecule has 2 N–H and O–H groups in total. The molecular weight excluding hydrogens is 220 g/mol. The number of carboxylic acids is 1. The van der Waals surface area contributed by atoms with E-state index >= 15 is 0 Å². The molecule has 1 heterocycles. The Kier molecular flexibility index (Phi) is 3.69. The van der Waals surface area contributed by atoms with Crippen LogP contribution in [0.4, 0.5) is 0 Å². The standard InChI is InChI=1S/C8H16N2O4S/c1-3-15(13,14)10-5-4-9-6(2)7(10)8(11)12/h6-7,9H,3-5H2,1-2H3,(H,11,12). The Morgan fingerprint density at radius 1 is 1.60 bits per heavy atom. The van der Waals surface area contributed by atoms with Crippen LogP contribution < -0.4 is 5.32 Å². The summed E-state index contributed by atoms with van der Waals surface area (Å²) in [7, 11) is -3.44. The van der Waals surface area contributed by atoms with Crippen molar-refractivity contribution >= 4 is 16.0 Å². The van der Waals surface area contributed by atoms with Crippen molar-refractivity contribution in [1.29, 1.82) is 0 Å². The van der Waals surface area contributed by atoms with Gasteiger partial charge in [0.15, 0.2) is 0 Å². The van der Waals surface area contributed by atoms with Gasteiger partial charge < -0.3 is 10.4 Å². The molecule has 1 saturated heterocycles. The third-order valence-corrected chi connectivity index (χ3v) is 4.41. The highest BCUT2D eigenvalue weighted by Gasteiger charge is 2.39. The Bertz CT molecular complexity index is 341. The molecule has 1 rings (SSSR count). The molecule has 0 aromatic heterocycles. The Hall–Kier alpha value is -0.660. The van der Waals surface area contributed by atoms with Crippen LogP contribution in [-0.2, 0) is 14.8 Å². The van der Waals surface area contributed by atoms with E-state index in [-0.39, 0.29) is 18.3 Å². The molecule has 0 aromatic rings. The third-order valence-electron chi connectivity index (χ3n) is 2.56. The molecule has 0 saturated carbocycles. The van der Waals surface area contributed by atoms with Crippen LogP contribution in [0, 0.1) is 0 Å². The number of piperazine rings is 1. The molecule has 0 aliphatic carbocycles. The largest absolute Gasteiger partial charge is 0.480 e. The van der Waals surface area contributed by atoms with Crippen LogP contribution in [-0.4, -0.2) is 54.7 Å². The van der Waals surface area contributed by atoms with Gasteiger partial charge in [-0.1, -0.05) is 0 Å². The Labute approximate surface area is 89.3 Å². The lowest BCUT2D eigenvalue weighted by molar-refractivity contribution is -0.143. The van der Waals surface area contributed by atoms with Gasteiger partial charge in [0.05, 0.1) is 5.75 Å². The quantitative estimate of drug-likeness (QED) is 0.662. The first kappa shape index (κ1) is 12.4. The topological polar surface area (TPSA) is 86.7 Å². The zero-order valence-electron chi connectivity index (χ0n) is 8.80. The lowest BCUT2D eigenvalue weighted by Crippen LogP contribution is -2.61. The summed E-state index contributed by atoms with van der Waals surface area (Å²) in [5.41, 5.74) is 0. The summed E-state index contributed by atoms with van der Waals surface area (Å²) < 4.78 is 24.4. The SMILES string of the molecule is CCS(=O)(=O)N1CCNC(C)C1C(=O)O. The summed E-state index contributed by atoms with van der Waals surface area (Å²) in [4.78, 5) is 11.0. The lowest BCUT2D eigenvalue weighted by Gasteiger charge is -2.36. The molecule has 0 bridgehead atoms. The van der Waals surface area contributed by atoms with Gasteiger partial charge in [-0.3, -0.25) is 4.79 Å². The van der Waals surface area contributed by atoms with Crippen molar-refractivity contribution in [2.75, 3.05) is 18.8 Å². The predicted octanol–water partition coefficient (Wildman–Crippen LogP) is -0.917. The first-order valence-corrected chi connectivity index (χ1v) is 6.46. The van der Waals surface area contributed by atoms with Crippen molar-refractivity contribution < 1.29 is 18.3 Å². The minimum atomic E-state index is -3.44. The average molecular weight is 236 g/mol. The zero-order chi connectivity index (χ0) is 11.6. The second-order valence-electron chi connectivity index (χ2n) is 3.54. The molecule has 2 unspecified atom stereocenters. The van der Waals surface area contributed by atoms with Crippen LogP contribution in [0.15, 0.2) is 0 Å². The average Bonchev–Trinajstić information content (AvgIpc) is 2.16. The fraction of sp³-hybridized carbons (Fsp3) is 0.875. The fourth-order valence-corrected chi connectivity index (χ4v) is 3.04. The van der Waals surface area contributed by atoms with Crippen molar-refractivity contribution in [3.63, 3.8) is 0 Å². The van der Waals surface area contributed by atoms with Crippen LogP contribution in [0.1, 0.15) is 13.8 Å². The van der Waals surface area contributed by atoms with Crippen molar-refractivity contribution in [2.45, 2.75) is 25.9 Å². The number of hydrogen-bond acceptors (Lipinski definition) is 4. The smallest absolute Gasteiger partial charge is 0.323 e. The van der Waals surface area contributed by atoms with Crippen LogP contribution in [0.5, 0.6) is 0 Å². The summed E-state index contributed by atoms with van der Waals surface area (Å²) in [6.07, 6.45) is 0. The first-order chi connectivity index (χ1) is 6.90. The number of nitrogens with zero attached hydrogens (tertiary/aromatic N) is 1. The molecule has 7 heteroatoms. The van der Waals surface area contributed by atoms with E-state index < -0.39 is 22.0 Å². The summed E-state index contributed by atoms with van der Waals surface area (Å²) in [5.74, 6) is -1.17. The molecule has 1 aliphatic heterocycles. The monoisotopic (exact) mass is 236 g/mol. The first-order valence-electron chi connectivity index (χ1n) is 4.86. The number of carbonyl (C=O) groups is 1. The number of hydrogen-bond donors (Lipinski definition) is 2. The summed E-state index contributed by atoms with van der Waals surface area (Å²) in [5, 5.41) is 11.9. The van der Waals surface area contributed by atoms with Gasteiger partial charge in [-0.05, 0) is 13.8 Å². The molecule has 1 fully saturated rings. The van der Waals surface area contributed by atoms with Crippen molar-refractivity contribution in [3.8, 4) is 0 Å². The van der Waals surface area contributed by atoms with Crippen LogP contribution in [0.2, 0.25) is 0 Å². The van der Waals surface area contributed by atoms with Crippen molar-refractivity contribution in [1.82, 2.24) is 9.62 Å². The second kappa shape index (κ2) is 4.46. The van der Waals surface area contributed by atoms with E-state index in [1.54, 1.807) is 6.92 Å². The third kappa shape index (κ3) is 2.47. The number of sulfonamides is 1. The molecule has 2 atom stereocenters. The van der Waals surface area contributed by atoms with E-state index in [0.717, 1.165) is 4.31 Å². The van der Waals surface area contributed by atoms with Gasteiger partial charge in [0, 0.05) is 19.1 Å². The van der Waals surface area contributed by atoms with Gasteiger partial charge >= 0.3 is 5.97 Å². The highest BCUT2D eigenvalue weighted by atomic mass is 32.2. The molecular formula is C8H16N2O4S. The van der Waals surface area contributed by atoms with Crippen LogP contribution in [0.25, 0.3) is 0 Å². The second-order valence-corrected chi connectivity index (χ2v) is 5.75. The maximum atomic E-state index is 11.6. The number of rotatable bonds is 3. The van der Waals surface area contributed by atoms with E-state index in [1.807, 2.05) is 0 Å². The summed E-state index contributed by atoms with van der Waals surface area (Å²) >= 11 is 0. The highest BCUT2D eigenvalue weighted by molar-refractivity contribution is 7.89. The van der Waals surface area contributed by atoms with Gasteiger partial charge in [0.1, 0.15) is 6.04 Å². The maximum absolute atomic E-state index is 11.6. The van der Waals surface area contributed by atoms with Gasteiger partial charge in [0.25, 0.3) is 0 Å². The lowest BCUT2D eigenvalue weighted by atomic mass is 10.1. The normalized spacial score (nSPS) is 28.9. The van der Waals surface area contributed by atoms with Crippen molar-refractivity contribution in [3.05, 3.63) is 0 Å².